The van der Waals surface area contributed by atoms with E-state index in [1.54, 1.807) is 4.90 Å². The molecule has 2 aliphatic heterocycles. The summed E-state index contributed by atoms with van der Waals surface area (Å²) >= 11 is 0. The highest BCUT2D eigenvalue weighted by atomic mass is 32.2. The van der Waals surface area contributed by atoms with Gasteiger partial charge in [0, 0.05) is 25.2 Å². The lowest BCUT2D eigenvalue weighted by atomic mass is 9.73. The van der Waals surface area contributed by atoms with E-state index in [-0.39, 0.29) is 30.8 Å². The van der Waals surface area contributed by atoms with Gasteiger partial charge in [-0.05, 0) is 24.5 Å². The van der Waals surface area contributed by atoms with Gasteiger partial charge in [-0.25, -0.2) is 13.1 Å². The van der Waals surface area contributed by atoms with Gasteiger partial charge in [0.2, 0.25) is 21.8 Å². The van der Waals surface area contributed by atoms with E-state index in [1.807, 2.05) is 31.2 Å². The summed E-state index contributed by atoms with van der Waals surface area (Å²) in [5.41, 5.74) is 1.09. The number of carbonyl (C=O) groups excluding carboxylic acids is 2. The fraction of sp³-hybridized carbons (Fsp3) is 0.556. The summed E-state index contributed by atoms with van der Waals surface area (Å²) in [7, 11) is -3.32. The molecule has 142 valence electrons. The normalized spacial score (nSPS) is 24.8. The van der Waals surface area contributed by atoms with Gasteiger partial charge in [0.05, 0.1) is 17.7 Å². The number of carbonyl (C=O) groups is 2. The first-order chi connectivity index (χ1) is 12.3. The minimum absolute atomic E-state index is 0.0401. The maximum atomic E-state index is 12.9. The van der Waals surface area contributed by atoms with Gasteiger partial charge in [0.25, 0.3) is 0 Å². The van der Waals surface area contributed by atoms with Crippen LogP contribution in [0.15, 0.2) is 24.3 Å². The number of benzene rings is 1. The quantitative estimate of drug-likeness (QED) is 0.777. The number of sulfonamides is 1. The smallest absolute Gasteiger partial charge is 0.237 e. The molecule has 1 saturated heterocycles. The predicted octanol–water partition coefficient (Wildman–Crippen LogP) is 1.22. The number of fused-ring (bicyclic) bond motifs is 2. The molecule has 2 heterocycles. The monoisotopic (exact) mass is 379 g/mol. The van der Waals surface area contributed by atoms with Crippen LogP contribution in [0.3, 0.4) is 0 Å². The number of nitrogens with zero attached hydrogens (tertiary/aromatic N) is 1. The van der Waals surface area contributed by atoms with Crippen molar-refractivity contribution in [3.05, 3.63) is 29.8 Å². The van der Waals surface area contributed by atoms with E-state index in [4.69, 9.17) is 0 Å². The van der Waals surface area contributed by atoms with E-state index < -0.39 is 15.4 Å². The van der Waals surface area contributed by atoms with Crippen LogP contribution >= 0.6 is 0 Å². The number of hydrogen-bond acceptors (Lipinski definition) is 4. The van der Waals surface area contributed by atoms with Gasteiger partial charge in [-0.3, -0.25) is 9.59 Å². The molecule has 2 N–H and O–H groups in total. The summed E-state index contributed by atoms with van der Waals surface area (Å²) in [6.45, 7) is 2.62. The summed E-state index contributed by atoms with van der Waals surface area (Å²) in [5, 5.41) is 2.97. The average Bonchev–Trinajstić information content (AvgIpc) is 3.07. The molecule has 0 aliphatic carbocycles. The Morgan fingerprint density at radius 1 is 1.38 bits per heavy atom. The maximum Gasteiger partial charge on any atom is 0.237 e. The lowest BCUT2D eigenvalue weighted by Crippen LogP contribution is -2.49. The summed E-state index contributed by atoms with van der Waals surface area (Å²) in [6, 6.07) is 7.47. The highest BCUT2D eigenvalue weighted by Crippen LogP contribution is 2.49. The molecule has 2 aliphatic rings. The molecule has 1 aromatic carbocycles. The molecule has 1 spiro atoms. The molecule has 0 aromatic heterocycles. The van der Waals surface area contributed by atoms with E-state index in [9.17, 15) is 18.0 Å². The van der Waals surface area contributed by atoms with Crippen molar-refractivity contribution in [1.29, 1.82) is 0 Å². The van der Waals surface area contributed by atoms with Gasteiger partial charge < -0.3 is 10.2 Å². The topological polar surface area (TPSA) is 95.6 Å². The Morgan fingerprint density at radius 3 is 2.81 bits per heavy atom. The van der Waals surface area contributed by atoms with Crippen molar-refractivity contribution in [2.75, 3.05) is 24.7 Å². The van der Waals surface area contributed by atoms with E-state index in [1.165, 1.54) is 0 Å². The Labute approximate surface area is 154 Å². The zero-order valence-corrected chi connectivity index (χ0v) is 15.9. The first kappa shape index (κ1) is 18.8. The largest absolute Gasteiger partial charge is 0.338 e. The second-order valence-corrected chi connectivity index (χ2v) is 8.86. The van der Waals surface area contributed by atoms with Crippen LogP contribution in [0, 0.1) is 0 Å². The van der Waals surface area contributed by atoms with Crippen LogP contribution in [0.1, 0.15) is 38.2 Å². The Hall–Kier alpha value is -1.93. The first-order valence-corrected chi connectivity index (χ1v) is 10.8. The molecule has 0 radical (unpaired) electrons. The van der Waals surface area contributed by atoms with Crippen molar-refractivity contribution in [3.63, 3.8) is 0 Å². The molecule has 1 aromatic rings. The average molecular weight is 379 g/mol. The van der Waals surface area contributed by atoms with E-state index in [0.717, 1.165) is 30.3 Å². The van der Waals surface area contributed by atoms with Gasteiger partial charge >= 0.3 is 0 Å². The molecule has 1 fully saturated rings. The van der Waals surface area contributed by atoms with Crippen LogP contribution < -0.4 is 10.0 Å². The van der Waals surface area contributed by atoms with Crippen LogP contribution in [-0.2, 0) is 25.0 Å². The number of rotatable bonds is 6. The highest BCUT2D eigenvalue weighted by molar-refractivity contribution is 7.88. The molecule has 7 nitrogen and oxygen atoms in total. The molecule has 3 rings (SSSR count). The lowest BCUT2D eigenvalue weighted by molar-refractivity contribution is -0.133. The second-order valence-electron chi connectivity index (χ2n) is 7.03. The number of hydrogen-bond donors (Lipinski definition) is 2. The summed E-state index contributed by atoms with van der Waals surface area (Å²) in [4.78, 5) is 27.4. The Bertz CT molecular complexity index is 823. The van der Waals surface area contributed by atoms with Crippen LogP contribution in [0.4, 0.5) is 5.69 Å². The summed E-state index contributed by atoms with van der Waals surface area (Å²) in [5.74, 6) is -0.157. The SMILES string of the molecule is CCC[C@@H]1N(C(=O)CCNS(C)(=O)=O)CC[C@]12C(=O)Nc1ccccc12. The predicted molar refractivity (Wildman–Crippen MR) is 99.2 cm³/mol. The zero-order valence-electron chi connectivity index (χ0n) is 15.1. The van der Waals surface area contributed by atoms with Crippen molar-refractivity contribution in [3.8, 4) is 0 Å². The Morgan fingerprint density at radius 2 is 2.12 bits per heavy atom. The van der Waals surface area contributed by atoms with Crippen molar-refractivity contribution >= 4 is 27.5 Å². The van der Waals surface area contributed by atoms with Crippen molar-refractivity contribution in [1.82, 2.24) is 9.62 Å². The number of likely N-dealkylation sites (tertiary alicyclic amines) is 1. The minimum atomic E-state index is -3.32. The lowest BCUT2D eigenvalue weighted by Gasteiger charge is -2.34. The standard InChI is InChI=1S/C18H25N3O4S/c1-3-6-15-18(13-7-4-5-8-14(13)20-17(18)23)10-12-21(15)16(22)9-11-19-26(2,24)25/h4-5,7-8,15,19H,3,6,9-12H2,1-2H3,(H,20,23)/t15-,18+/m0/s1. The first-order valence-electron chi connectivity index (χ1n) is 8.94. The molecule has 26 heavy (non-hydrogen) atoms. The third-order valence-corrected chi connectivity index (χ3v) is 6.07. The minimum Gasteiger partial charge on any atom is -0.338 e. The molecular weight excluding hydrogens is 354 g/mol. The van der Waals surface area contributed by atoms with Gasteiger partial charge in [-0.2, -0.15) is 0 Å². The number of amides is 2. The van der Waals surface area contributed by atoms with Crippen LogP contribution in [0.2, 0.25) is 0 Å². The number of nitrogens with one attached hydrogen (secondary N) is 2. The Balaban J connectivity index is 1.84. The second kappa shape index (κ2) is 7.00. The van der Waals surface area contributed by atoms with E-state index in [2.05, 4.69) is 10.0 Å². The van der Waals surface area contributed by atoms with Gasteiger partial charge in [0.15, 0.2) is 0 Å². The fourth-order valence-electron chi connectivity index (χ4n) is 4.26. The molecule has 2 atom stereocenters. The van der Waals surface area contributed by atoms with Crippen LogP contribution in [-0.4, -0.2) is 50.5 Å². The molecule has 0 bridgehead atoms. The Kier molecular flexibility index (Phi) is 5.07. The fourth-order valence-corrected chi connectivity index (χ4v) is 4.74. The van der Waals surface area contributed by atoms with Crippen molar-refractivity contribution in [2.45, 2.75) is 44.1 Å². The van der Waals surface area contributed by atoms with Gasteiger partial charge in [0.1, 0.15) is 0 Å². The molecular formula is C18H25N3O4S. The molecule has 2 amide bonds. The van der Waals surface area contributed by atoms with Crippen molar-refractivity contribution in [2.24, 2.45) is 0 Å². The van der Waals surface area contributed by atoms with Crippen molar-refractivity contribution < 1.29 is 18.0 Å². The molecule has 8 heteroatoms. The third kappa shape index (κ3) is 3.23. The molecule has 0 unspecified atom stereocenters. The summed E-state index contributed by atoms with van der Waals surface area (Å²) < 4.78 is 24.7. The third-order valence-electron chi connectivity index (χ3n) is 5.34. The highest BCUT2D eigenvalue weighted by Gasteiger charge is 2.58. The van der Waals surface area contributed by atoms with Crippen LogP contribution in [0.5, 0.6) is 0 Å². The summed E-state index contributed by atoms with van der Waals surface area (Å²) in [6.07, 6.45) is 3.33. The van der Waals surface area contributed by atoms with E-state index >= 15 is 0 Å². The van der Waals surface area contributed by atoms with Gasteiger partial charge in [-0.15, -0.1) is 0 Å². The van der Waals surface area contributed by atoms with E-state index in [0.29, 0.717) is 13.0 Å². The maximum absolute atomic E-state index is 12.9. The number of anilines is 1. The number of para-hydroxylation sites is 1. The van der Waals surface area contributed by atoms with Crippen LogP contribution in [0.25, 0.3) is 0 Å². The van der Waals surface area contributed by atoms with Gasteiger partial charge in [-0.1, -0.05) is 31.5 Å². The molecule has 0 saturated carbocycles. The zero-order chi connectivity index (χ0) is 18.9.